The first-order valence-corrected chi connectivity index (χ1v) is 8.14. The third-order valence-electron chi connectivity index (χ3n) is 3.13. The first kappa shape index (κ1) is 15.7. The van der Waals surface area contributed by atoms with Gasteiger partial charge in [-0.2, -0.15) is 0 Å². The van der Waals surface area contributed by atoms with E-state index in [-0.39, 0.29) is 5.91 Å². The summed E-state index contributed by atoms with van der Waals surface area (Å²) in [4.78, 5) is 14.3. The second-order valence-corrected chi connectivity index (χ2v) is 5.49. The zero-order valence-electron chi connectivity index (χ0n) is 12.1. The summed E-state index contributed by atoms with van der Waals surface area (Å²) in [6, 6.07) is 13.5. The van der Waals surface area contributed by atoms with Crippen LogP contribution in [0.2, 0.25) is 0 Å². The van der Waals surface area contributed by atoms with Crippen LogP contribution in [0.15, 0.2) is 52.0 Å². The molecule has 2 N–H and O–H groups in total. The van der Waals surface area contributed by atoms with Gasteiger partial charge in [0.2, 0.25) is 0 Å². The first-order chi connectivity index (χ1) is 10.2. The quantitative estimate of drug-likeness (QED) is 0.799. The van der Waals surface area contributed by atoms with Crippen LogP contribution in [0.25, 0.3) is 0 Å². The van der Waals surface area contributed by atoms with E-state index in [2.05, 4.69) is 0 Å². The summed E-state index contributed by atoms with van der Waals surface area (Å²) < 4.78 is 5.53. The smallest absolute Gasteiger partial charge is 0.289 e. The van der Waals surface area contributed by atoms with E-state index in [1.165, 1.54) is 11.8 Å². The molecule has 0 bridgehead atoms. The van der Waals surface area contributed by atoms with Crippen molar-refractivity contribution in [3.8, 4) is 0 Å². The lowest BCUT2D eigenvalue weighted by Gasteiger charge is -2.21. The van der Waals surface area contributed by atoms with Gasteiger partial charge in [0, 0.05) is 13.1 Å². The van der Waals surface area contributed by atoms with Crippen LogP contribution in [-0.2, 0) is 6.54 Å². The van der Waals surface area contributed by atoms with E-state index >= 15 is 0 Å². The Bertz CT molecular complexity index is 569. The van der Waals surface area contributed by atoms with Crippen LogP contribution in [0.5, 0.6) is 0 Å². The van der Waals surface area contributed by atoms with Crippen LogP contribution in [-0.4, -0.2) is 30.2 Å². The fraction of sp³-hybridized carbons (Fsp3) is 0.312. The molecule has 0 aliphatic heterocycles. The molecule has 5 heteroatoms. The van der Waals surface area contributed by atoms with Gasteiger partial charge in [-0.1, -0.05) is 42.1 Å². The van der Waals surface area contributed by atoms with Gasteiger partial charge >= 0.3 is 0 Å². The van der Waals surface area contributed by atoms with Crippen LogP contribution >= 0.6 is 11.8 Å². The number of furan rings is 1. The maximum absolute atomic E-state index is 12.6. The van der Waals surface area contributed by atoms with Crippen molar-refractivity contribution in [2.24, 2.45) is 5.73 Å². The van der Waals surface area contributed by atoms with E-state index in [0.717, 1.165) is 17.1 Å². The van der Waals surface area contributed by atoms with Crippen LogP contribution < -0.4 is 5.73 Å². The third kappa shape index (κ3) is 4.37. The highest BCUT2D eigenvalue weighted by Gasteiger charge is 2.19. The number of amides is 1. The number of rotatable bonds is 7. The normalized spacial score (nSPS) is 10.6. The van der Waals surface area contributed by atoms with Gasteiger partial charge in [-0.3, -0.25) is 4.79 Å². The second kappa shape index (κ2) is 7.90. The molecule has 4 nitrogen and oxygen atoms in total. The lowest BCUT2D eigenvalue weighted by atomic mass is 10.2. The number of thioether (sulfide) groups is 1. The molecule has 0 unspecified atom stereocenters. The first-order valence-electron chi connectivity index (χ1n) is 6.91. The van der Waals surface area contributed by atoms with E-state index in [4.69, 9.17) is 10.2 Å². The van der Waals surface area contributed by atoms with E-state index in [0.29, 0.717) is 25.4 Å². The monoisotopic (exact) mass is 304 g/mol. The molecule has 112 valence electrons. The highest BCUT2D eigenvalue weighted by Crippen LogP contribution is 2.20. The van der Waals surface area contributed by atoms with Gasteiger partial charge < -0.3 is 15.1 Å². The highest BCUT2D eigenvalue weighted by atomic mass is 32.2. The molecule has 0 radical (unpaired) electrons. The fourth-order valence-corrected chi connectivity index (χ4v) is 2.42. The minimum atomic E-state index is -0.0902. The predicted molar refractivity (Wildman–Crippen MR) is 85.3 cm³/mol. The SMILES string of the molecule is CSc1ccc(C(=O)N(CCCN)Cc2ccccc2)o1. The van der Waals surface area contributed by atoms with Crippen molar-refractivity contribution in [3.63, 3.8) is 0 Å². The highest BCUT2D eigenvalue weighted by molar-refractivity contribution is 7.98. The summed E-state index contributed by atoms with van der Waals surface area (Å²) in [6.45, 7) is 1.75. The molecule has 21 heavy (non-hydrogen) atoms. The Morgan fingerprint density at radius 1 is 1.24 bits per heavy atom. The largest absolute Gasteiger partial charge is 0.445 e. The van der Waals surface area contributed by atoms with Gasteiger partial charge in [0.25, 0.3) is 5.91 Å². The van der Waals surface area contributed by atoms with Gasteiger partial charge in [-0.25, -0.2) is 0 Å². The van der Waals surface area contributed by atoms with Gasteiger partial charge in [-0.05, 0) is 36.9 Å². The zero-order valence-corrected chi connectivity index (χ0v) is 12.9. The van der Waals surface area contributed by atoms with E-state index < -0.39 is 0 Å². The lowest BCUT2D eigenvalue weighted by molar-refractivity contribution is 0.0704. The minimum absolute atomic E-state index is 0.0902. The average molecular weight is 304 g/mol. The van der Waals surface area contributed by atoms with Gasteiger partial charge in [0.1, 0.15) is 0 Å². The second-order valence-electron chi connectivity index (χ2n) is 4.68. The number of benzene rings is 1. The molecule has 0 fully saturated rings. The minimum Gasteiger partial charge on any atom is -0.445 e. The molecule has 1 aromatic heterocycles. The number of carbonyl (C=O) groups is 1. The molecule has 0 aliphatic carbocycles. The fourth-order valence-electron chi connectivity index (χ4n) is 2.04. The maximum Gasteiger partial charge on any atom is 0.289 e. The Labute approximate surface area is 129 Å². The summed E-state index contributed by atoms with van der Waals surface area (Å²) in [7, 11) is 0. The van der Waals surface area contributed by atoms with E-state index in [1.54, 1.807) is 11.0 Å². The van der Waals surface area contributed by atoms with Gasteiger partial charge in [-0.15, -0.1) is 0 Å². The number of carbonyl (C=O) groups excluding carboxylic acids is 1. The standard InChI is InChI=1S/C16H20N2O2S/c1-21-15-9-8-14(20-15)16(19)18(11-5-10-17)12-13-6-3-2-4-7-13/h2-4,6-9H,5,10-12,17H2,1H3. The topological polar surface area (TPSA) is 59.5 Å². The zero-order chi connectivity index (χ0) is 15.1. The van der Waals surface area contributed by atoms with Crippen molar-refractivity contribution in [1.82, 2.24) is 4.90 Å². The molecular weight excluding hydrogens is 284 g/mol. The average Bonchev–Trinajstić information content (AvgIpc) is 3.00. The molecule has 2 rings (SSSR count). The summed E-state index contributed by atoms with van der Waals surface area (Å²) in [5.74, 6) is 0.292. The van der Waals surface area contributed by atoms with Gasteiger partial charge in [0.15, 0.2) is 10.9 Å². The molecule has 0 spiro atoms. The van der Waals surface area contributed by atoms with Crippen LogP contribution in [0.3, 0.4) is 0 Å². The van der Waals surface area contributed by atoms with Crippen LogP contribution in [0.4, 0.5) is 0 Å². The molecular formula is C16H20N2O2S. The predicted octanol–water partition coefficient (Wildman–Crippen LogP) is 2.99. The summed E-state index contributed by atoms with van der Waals surface area (Å²) in [5.41, 5.74) is 6.67. The number of nitrogens with zero attached hydrogens (tertiary/aromatic N) is 1. The summed E-state index contributed by atoms with van der Waals surface area (Å²) >= 11 is 1.48. The Morgan fingerprint density at radius 2 is 2.00 bits per heavy atom. The van der Waals surface area contributed by atoms with Crippen molar-refractivity contribution in [2.45, 2.75) is 18.1 Å². The molecule has 2 aromatic rings. The van der Waals surface area contributed by atoms with Crippen molar-refractivity contribution < 1.29 is 9.21 Å². The number of nitrogens with two attached hydrogens (primary N) is 1. The summed E-state index contributed by atoms with van der Waals surface area (Å²) in [6.07, 6.45) is 2.69. The van der Waals surface area contributed by atoms with Crippen molar-refractivity contribution >= 4 is 17.7 Å². The van der Waals surface area contributed by atoms with Crippen LogP contribution in [0, 0.1) is 0 Å². The van der Waals surface area contributed by atoms with Gasteiger partial charge in [0.05, 0.1) is 0 Å². The Hall–Kier alpha value is -1.72. The maximum atomic E-state index is 12.6. The Kier molecular flexibility index (Phi) is 5.90. The molecule has 0 aliphatic rings. The molecule has 0 saturated carbocycles. The Balaban J connectivity index is 2.12. The lowest BCUT2D eigenvalue weighted by Crippen LogP contribution is -2.32. The molecule has 1 amide bonds. The molecule has 1 heterocycles. The van der Waals surface area contributed by atoms with E-state index in [1.807, 2.05) is 42.7 Å². The molecule has 0 saturated heterocycles. The van der Waals surface area contributed by atoms with E-state index in [9.17, 15) is 4.79 Å². The van der Waals surface area contributed by atoms with Crippen LogP contribution in [0.1, 0.15) is 22.5 Å². The molecule has 0 atom stereocenters. The Morgan fingerprint density at radius 3 is 2.62 bits per heavy atom. The third-order valence-corrected chi connectivity index (χ3v) is 3.75. The van der Waals surface area contributed by atoms with Crippen molar-refractivity contribution in [3.05, 3.63) is 53.8 Å². The summed E-state index contributed by atoms with van der Waals surface area (Å²) in [5, 5.41) is 0.747. The van der Waals surface area contributed by atoms with Crippen molar-refractivity contribution in [2.75, 3.05) is 19.3 Å². The number of hydrogen-bond acceptors (Lipinski definition) is 4. The number of hydrogen-bond donors (Lipinski definition) is 1. The van der Waals surface area contributed by atoms with Crippen molar-refractivity contribution in [1.29, 1.82) is 0 Å². The molecule has 1 aromatic carbocycles.